The summed E-state index contributed by atoms with van der Waals surface area (Å²) in [6.45, 7) is 2.82. The molecule has 0 fully saturated rings. The Balaban J connectivity index is 1.64. The number of amides is 1. The molecule has 2 N–H and O–H groups in total. The highest BCUT2D eigenvalue weighted by molar-refractivity contribution is 6.00. The van der Waals surface area contributed by atoms with Crippen LogP contribution in [0.15, 0.2) is 54.6 Å². The Bertz CT molecular complexity index is 1100. The lowest BCUT2D eigenvalue weighted by atomic mass is 10.0. The van der Waals surface area contributed by atoms with Crippen molar-refractivity contribution in [2.24, 2.45) is 0 Å². The fraction of sp³-hybridized carbons (Fsp3) is 0.208. The van der Waals surface area contributed by atoms with E-state index in [2.05, 4.69) is 10.3 Å². The summed E-state index contributed by atoms with van der Waals surface area (Å²) in [5, 5.41) is 2.80. The van der Waals surface area contributed by atoms with Gasteiger partial charge in [-0.15, -0.1) is 0 Å². The van der Waals surface area contributed by atoms with Crippen molar-refractivity contribution in [3.8, 4) is 0 Å². The van der Waals surface area contributed by atoms with Crippen LogP contribution in [0, 0.1) is 13.8 Å². The first-order valence-electron chi connectivity index (χ1n) is 9.77. The summed E-state index contributed by atoms with van der Waals surface area (Å²) >= 11 is 0. The number of aryl methyl sites for hydroxylation is 1. The maximum Gasteiger partial charge on any atom is 0.355 e. The van der Waals surface area contributed by atoms with E-state index in [4.69, 9.17) is 9.47 Å². The van der Waals surface area contributed by atoms with E-state index in [1.807, 2.05) is 48.5 Å². The van der Waals surface area contributed by atoms with Gasteiger partial charge in [-0.1, -0.05) is 48.5 Å². The minimum atomic E-state index is -0.719. The zero-order chi connectivity index (χ0) is 22.4. The van der Waals surface area contributed by atoms with E-state index in [1.54, 1.807) is 19.9 Å². The van der Waals surface area contributed by atoms with Crippen LogP contribution in [-0.4, -0.2) is 36.5 Å². The lowest BCUT2D eigenvalue weighted by Gasteiger charge is -2.11. The molecule has 0 unspecified atom stereocenters. The van der Waals surface area contributed by atoms with E-state index in [0.29, 0.717) is 23.4 Å². The summed E-state index contributed by atoms with van der Waals surface area (Å²) < 4.78 is 9.88. The van der Waals surface area contributed by atoms with Crippen LogP contribution in [0.1, 0.15) is 43.2 Å². The number of H-pyrrole nitrogens is 1. The SMILES string of the molecule is COC(=O)c1c(C)[nH]c(C(=O)OCC(=O)Nc2ccccc2Cc2ccccc2)c1C. The number of carbonyl (C=O) groups excluding carboxylic acids is 3. The second-order valence-electron chi connectivity index (χ2n) is 7.06. The molecule has 3 rings (SSSR count). The molecule has 0 bridgehead atoms. The normalized spacial score (nSPS) is 10.4. The third-order valence-electron chi connectivity index (χ3n) is 4.89. The number of aromatic amines is 1. The third kappa shape index (κ3) is 5.19. The summed E-state index contributed by atoms with van der Waals surface area (Å²) in [6, 6.07) is 17.4. The molecule has 0 spiro atoms. The second-order valence-corrected chi connectivity index (χ2v) is 7.06. The van der Waals surface area contributed by atoms with Gasteiger partial charge in [-0.3, -0.25) is 4.79 Å². The topological polar surface area (TPSA) is 97.5 Å². The zero-order valence-electron chi connectivity index (χ0n) is 17.7. The van der Waals surface area contributed by atoms with Gasteiger partial charge in [-0.25, -0.2) is 9.59 Å². The second kappa shape index (κ2) is 9.75. The van der Waals surface area contributed by atoms with Gasteiger partial charge in [0.05, 0.1) is 12.7 Å². The Morgan fingerprint density at radius 1 is 0.935 bits per heavy atom. The average Bonchev–Trinajstić information content (AvgIpc) is 3.07. The molecule has 0 aliphatic rings. The van der Waals surface area contributed by atoms with Crippen molar-refractivity contribution < 1.29 is 23.9 Å². The lowest BCUT2D eigenvalue weighted by molar-refractivity contribution is -0.119. The highest BCUT2D eigenvalue weighted by atomic mass is 16.5. The summed E-state index contributed by atoms with van der Waals surface area (Å²) in [5.41, 5.74) is 4.05. The first-order chi connectivity index (χ1) is 14.9. The van der Waals surface area contributed by atoms with Gasteiger partial charge in [-0.2, -0.15) is 0 Å². The standard InChI is InChI=1S/C24H24N2O5/c1-15-21(23(28)30-3)16(2)25-22(15)24(29)31-14-20(27)26-19-12-8-7-11-18(19)13-17-9-5-4-6-10-17/h4-12,25H,13-14H2,1-3H3,(H,26,27). The number of nitrogens with one attached hydrogen (secondary N) is 2. The predicted molar refractivity (Wildman–Crippen MR) is 116 cm³/mol. The molecule has 160 valence electrons. The first kappa shape index (κ1) is 21.8. The number of para-hydroxylation sites is 1. The molecule has 31 heavy (non-hydrogen) atoms. The van der Waals surface area contributed by atoms with E-state index in [0.717, 1.165) is 11.1 Å². The number of methoxy groups -OCH3 is 1. The van der Waals surface area contributed by atoms with Gasteiger partial charge in [0.25, 0.3) is 5.91 Å². The van der Waals surface area contributed by atoms with Crippen LogP contribution in [-0.2, 0) is 20.7 Å². The highest BCUT2D eigenvalue weighted by Crippen LogP contribution is 2.21. The van der Waals surface area contributed by atoms with Crippen molar-refractivity contribution in [1.82, 2.24) is 4.98 Å². The van der Waals surface area contributed by atoms with E-state index in [-0.39, 0.29) is 11.3 Å². The van der Waals surface area contributed by atoms with Crippen molar-refractivity contribution in [2.75, 3.05) is 19.0 Å². The molecule has 0 aliphatic carbocycles. The largest absolute Gasteiger partial charge is 0.465 e. The minimum Gasteiger partial charge on any atom is -0.465 e. The molecular weight excluding hydrogens is 396 g/mol. The highest BCUT2D eigenvalue weighted by Gasteiger charge is 2.23. The van der Waals surface area contributed by atoms with E-state index < -0.39 is 24.5 Å². The molecule has 0 radical (unpaired) electrons. The number of anilines is 1. The lowest BCUT2D eigenvalue weighted by Crippen LogP contribution is -2.22. The predicted octanol–water partition coefficient (Wildman–Crippen LogP) is 3.80. The van der Waals surface area contributed by atoms with Crippen LogP contribution >= 0.6 is 0 Å². The van der Waals surface area contributed by atoms with Gasteiger partial charge < -0.3 is 19.8 Å². The van der Waals surface area contributed by atoms with Gasteiger partial charge in [0.1, 0.15) is 5.69 Å². The van der Waals surface area contributed by atoms with Gasteiger partial charge in [0.15, 0.2) is 6.61 Å². The van der Waals surface area contributed by atoms with Crippen molar-refractivity contribution >= 4 is 23.5 Å². The van der Waals surface area contributed by atoms with E-state index in [9.17, 15) is 14.4 Å². The maximum atomic E-state index is 12.4. The van der Waals surface area contributed by atoms with Gasteiger partial charge in [-0.05, 0) is 43.0 Å². The van der Waals surface area contributed by atoms with Crippen LogP contribution < -0.4 is 5.32 Å². The average molecular weight is 420 g/mol. The monoisotopic (exact) mass is 420 g/mol. The molecule has 2 aromatic carbocycles. The molecule has 7 nitrogen and oxygen atoms in total. The molecule has 3 aromatic rings. The Morgan fingerprint density at radius 2 is 1.61 bits per heavy atom. The number of aromatic nitrogens is 1. The Labute approximate surface area is 180 Å². The number of rotatable bonds is 7. The molecule has 1 aromatic heterocycles. The van der Waals surface area contributed by atoms with Crippen LogP contribution in [0.2, 0.25) is 0 Å². The van der Waals surface area contributed by atoms with Crippen molar-refractivity contribution in [3.05, 3.63) is 88.2 Å². The maximum absolute atomic E-state index is 12.4. The Morgan fingerprint density at radius 3 is 2.32 bits per heavy atom. The van der Waals surface area contributed by atoms with Gasteiger partial charge in [0, 0.05) is 11.4 Å². The van der Waals surface area contributed by atoms with Crippen LogP contribution in [0.5, 0.6) is 0 Å². The molecule has 0 saturated heterocycles. The van der Waals surface area contributed by atoms with E-state index >= 15 is 0 Å². The molecule has 0 saturated carbocycles. The number of hydrogen-bond donors (Lipinski definition) is 2. The number of ether oxygens (including phenoxy) is 2. The zero-order valence-corrected chi connectivity index (χ0v) is 17.7. The molecule has 0 atom stereocenters. The summed E-state index contributed by atoms with van der Waals surface area (Å²) in [6.07, 6.45) is 0.661. The first-order valence-corrected chi connectivity index (χ1v) is 9.77. The van der Waals surface area contributed by atoms with Crippen molar-refractivity contribution in [2.45, 2.75) is 20.3 Å². The molecule has 7 heteroatoms. The molecule has 0 aliphatic heterocycles. The smallest absolute Gasteiger partial charge is 0.355 e. The Kier molecular flexibility index (Phi) is 6.87. The van der Waals surface area contributed by atoms with E-state index in [1.165, 1.54) is 7.11 Å². The van der Waals surface area contributed by atoms with Crippen LogP contribution in [0.25, 0.3) is 0 Å². The quantitative estimate of drug-likeness (QED) is 0.567. The van der Waals surface area contributed by atoms with Gasteiger partial charge >= 0.3 is 11.9 Å². The fourth-order valence-corrected chi connectivity index (χ4v) is 3.36. The van der Waals surface area contributed by atoms with Crippen molar-refractivity contribution in [1.29, 1.82) is 0 Å². The molecule has 1 amide bonds. The number of hydrogen-bond acceptors (Lipinski definition) is 5. The molecular formula is C24H24N2O5. The fourth-order valence-electron chi connectivity index (χ4n) is 3.36. The number of esters is 2. The number of benzene rings is 2. The third-order valence-corrected chi connectivity index (χ3v) is 4.89. The van der Waals surface area contributed by atoms with Crippen molar-refractivity contribution in [3.63, 3.8) is 0 Å². The summed E-state index contributed by atoms with van der Waals surface area (Å²) in [7, 11) is 1.27. The van der Waals surface area contributed by atoms with Gasteiger partial charge in [0.2, 0.25) is 0 Å². The molecule has 1 heterocycles. The minimum absolute atomic E-state index is 0.121. The van der Waals surface area contributed by atoms with Crippen LogP contribution in [0.4, 0.5) is 5.69 Å². The summed E-state index contributed by atoms with van der Waals surface area (Å²) in [5.74, 6) is -1.72. The van der Waals surface area contributed by atoms with Crippen LogP contribution in [0.3, 0.4) is 0 Å². The Hall–Kier alpha value is -3.87. The summed E-state index contributed by atoms with van der Waals surface area (Å²) in [4.78, 5) is 39.5. The number of carbonyl (C=O) groups is 3.